The summed E-state index contributed by atoms with van der Waals surface area (Å²) in [6, 6.07) is 11.8. The molecule has 4 heterocycles. The van der Waals surface area contributed by atoms with E-state index in [9.17, 15) is 19.5 Å². The lowest BCUT2D eigenvalue weighted by molar-refractivity contribution is -0.133. The van der Waals surface area contributed by atoms with Crippen molar-refractivity contribution in [3.8, 4) is 5.75 Å². The van der Waals surface area contributed by atoms with Crippen molar-refractivity contribution in [1.29, 1.82) is 0 Å². The molecule has 0 spiro atoms. The Morgan fingerprint density at radius 1 is 1.00 bits per heavy atom. The second-order valence-electron chi connectivity index (χ2n) is 11.0. The number of hydrogen-bond donors (Lipinski definition) is 3. The molecule has 12 nitrogen and oxygen atoms in total. The Hall–Kier alpha value is -3.91. The van der Waals surface area contributed by atoms with Crippen LogP contribution in [0.15, 0.2) is 68.7 Å². The minimum absolute atomic E-state index is 0.0296. The lowest BCUT2D eigenvalue weighted by Gasteiger charge is -2.38. The molecule has 230 valence electrons. The van der Waals surface area contributed by atoms with Crippen LogP contribution in [0.3, 0.4) is 0 Å². The summed E-state index contributed by atoms with van der Waals surface area (Å²) in [6.45, 7) is 3.11. The number of hydrogen-bond acceptors (Lipinski definition) is 7. The number of fused-ring (bicyclic) bond motifs is 1. The predicted molar refractivity (Wildman–Crippen MR) is 173 cm³/mol. The maximum atomic E-state index is 13.9. The molecule has 2 aromatic carbocycles. The Balaban J connectivity index is 1.14. The number of para-hydroxylation sites is 2. The zero-order chi connectivity index (χ0) is 30.8. The van der Waals surface area contributed by atoms with E-state index in [4.69, 9.17) is 0 Å². The number of aromatic nitrogens is 4. The van der Waals surface area contributed by atoms with Gasteiger partial charge in [-0.05, 0) is 80.6 Å². The molecule has 0 unspecified atom stereocenters. The molecule has 2 fully saturated rings. The molecule has 0 saturated carbocycles. The third kappa shape index (κ3) is 6.32. The Bertz CT molecular complexity index is 1690. The number of phenolic OH excluding ortho intramolecular Hbond substituents is 1. The van der Waals surface area contributed by atoms with Gasteiger partial charge in [0.15, 0.2) is 0 Å². The van der Waals surface area contributed by atoms with Crippen LogP contribution in [0.5, 0.6) is 5.75 Å². The number of piperazine rings is 1. The zero-order valence-corrected chi connectivity index (χ0v) is 27.0. The summed E-state index contributed by atoms with van der Waals surface area (Å²) in [4.78, 5) is 57.0. The molecule has 14 heteroatoms. The fourth-order valence-corrected chi connectivity index (χ4v) is 7.30. The number of benzene rings is 2. The van der Waals surface area contributed by atoms with Gasteiger partial charge < -0.3 is 30.1 Å². The number of amides is 3. The third-order valence-electron chi connectivity index (χ3n) is 8.33. The van der Waals surface area contributed by atoms with E-state index < -0.39 is 6.04 Å². The van der Waals surface area contributed by atoms with E-state index in [-0.39, 0.29) is 35.8 Å². The molecule has 2 saturated heterocycles. The highest BCUT2D eigenvalue weighted by molar-refractivity contribution is 9.11. The van der Waals surface area contributed by atoms with E-state index in [0.29, 0.717) is 61.1 Å². The van der Waals surface area contributed by atoms with Crippen LogP contribution in [-0.4, -0.2) is 91.7 Å². The zero-order valence-electron chi connectivity index (χ0n) is 23.8. The second-order valence-corrected chi connectivity index (χ2v) is 12.7. The standard InChI is InChI=1S/C30H32Br2N8O4/c31-21-15-19(16-22(32)27(21)41)17-24(28(42)38-13-11-37(12-14-38)26-5-8-33-18-34-26)36-29(43)39-9-6-20(7-10-39)40-25-4-2-1-3-23(25)35-30(40)44/h1-5,8,15-16,18,20,24,41H,6-7,9-14,17H2,(H,35,44)(H,36,43)/t24-/m1/s1. The Kier molecular flexibility index (Phi) is 8.89. The number of nitrogens with zero attached hydrogens (tertiary/aromatic N) is 6. The van der Waals surface area contributed by atoms with Crippen molar-refractivity contribution in [3.63, 3.8) is 0 Å². The minimum atomic E-state index is -0.814. The smallest absolute Gasteiger partial charge is 0.326 e. The van der Waals surface area contributed by atoms with Crippen molar-refractivity contribution in [3.05, 3.63) is 80.0 Å². The van der Waals surface area contributed by atoms with Gasteiger partial charge in [-0.25, -0.2) is 19.6 Å². The Morgan fingerprint density at radius 3 is 2.39 bits per heavy atom. The van der Waals surface area contributed by atoms with Crippen LogP contribution in [0.2, 0.25) is 0 Å². The normalized spacial score (nSPS) is 16.7. The number of anilines is 1. The van der Waals surface area contributed by atoms with Gasteiger partial charge in [-0.1, -0.05) is 12.1 Å². The first-order valence-corrected chi connectivity index (χ1v) is 16.1. The number of H-pyrrole nitrogens is 1. The van der Waals surface area contributed by atoms with Crippen LogP contribution in [0.25, 0.3) is 11.0 Å². The van der Waals surface area contributed by atoms with Crippen molar-refractivity contribution in [1.82, 2.24) is 34.6 Å². The van der Waals surface area contributed by atoms with Crippen LogP contribution >= 0.6 is 31.9 Å². The van der Waals surface area contributed by atoms with Crippen LogP contribution < -0.4 is 15.9 Å². The van der Waals surface area contributed by atoms with E-state index in [2.05, 4.69) is 57.0 Å². The van der Waals surface area contributed by atoms with Gasteiger partial charge in [-0.3, -0.25) is 9.36 Å². The fourth-order valence-electron chi connectivity index (χ4n) is 6.02. The molecule has 2 aliphatic rings. The summed E-state index contributed by atoms with van der Waals surface area (Å²) in [5.74, 6) is 0.717. The quantitative estimate of drug-likeness (QED) is 0.276. The monoisotopic (exact) mass is 726 g/mol. The molecule has 0 radical (unpaired) electrons. The van der Waals surface area contributed by atoms with Crippen LogP contribution in [0, 0.1) is 0 Å². The third-order valence-corrected chi connectivity index (χ3v) is 9.54. The highest BCUT2D eigenvalue weighted by atomic mass is 79.9. The van der Waals surface area contributed by atoms with Crippen molar-refractivity contribution >= 4 is 60.6 Å². The Morgan fingerprint density at radius 2 is 1.70 bits per heavy atom. The summed E-state index contributed by atoms with van der Waals surface area (Å²) in [6.07, 6.45) is 4.69. The molecule has 1 atom stereocenters. The first kappa shape index (κ1) is 30.1. The average Bonchev–Trinajstić information content (AvgIpc) is 3.39. The number of halogens is 2. The van der Waals surface area contributed by atoms with Gasteiger partial charge in [0.25, 0.3) is 0 Å². The number of aromatic hydroxyl groups is 1. The molecule has 3 N–H and O–H groups in total. The lowest BCUT2D eigenvalue weighted by atomic mass is 10.0. The van der Waals surface area contributed by atoms with Crippen LogP contribution in [0.4, 0.5) is 10.6 Å². The molecular formula is C30H32Br2N8O4. The number of carbonyl (C=O) groups excluding carboxylic acids is 2. The van der Waals surface area contributed by atoms with Gasteiger partial charge in [-0.15, -0.1) is 0 Å². The molecule has 6 rings (SSSR count). The fraction of sp³-hybridized carbons (Fsp3) is 0.367. The molecular weight excluding hydrogens is 696 g/mol. The molecule has 4 aromatic rings. The van der Waals surface area contributed by atoms with Crippen LogP contribution in [0.1, 0.15) is 24.4 Å². The molecule has 44 heavy (non-hydrogen) atoms. The topological polar surface area (TPSA) is 140 Å². The van der Waals surface area contributed by atoms with Gasteiger partial charge in [0.1, 0.15) is 23.9 Å². The number of likely N-dealkylation sites (tertiary alicyclic amines) is 1. The highest BCUT2D eigenvalue weighted by Crippen LogP contribution is 2.34. The average molecular weight is 728 g/mol. The summed E-state index contributed by atoms with van der Waals surface area (Å²) < 4.78 is 2.78. The highest BCUT2D eigenvalue weighted by Gasteiger charge is 2.32. The van der Waals surface area contributed by atoms with Crippen LogP contribution in [-0.2, 0) is 11.2 Å². The lowest BCUT2D eigenvalue weighted by Crippen LogP contribution is -2.57. The van der Waals surface area contributed by atoms with E-state index in [0.717, 1.165) is 22.4 Å². The Labute approximate surface area is 270 Å². The van der Waals surface area contributed by atoms with E-state index in [1.165, 1.54) is 6.33 Å². The van der Waals surface area contributed by atoms with Crippen molar-refractivity contribution in [2.75, 3.05) is 44.2 Å². The van der Waals surface area contributed by atoms with Gasteiger partial charge >= 0.3 is 11.7 Å². The second kappa shape index (κ2) is 13.0. The molecule has 2 aliphatic heterocycles. The summed E-state index contributed by atoms with van der Waals surface area (Å²) in [5, 5.41) is 13.2. The summed E-state index contributed by atoms with van der Waals surface area (Å²) in [7, 11) is 0. The van der Waals surface area contributed by atoms with E-state index >= 15 is 0 Å². The number of rotatable bonds is 6. The molecule has 2 aromatic heterocycles. The van der Waals surface area contributed by atoms with Gasteiger partial charge in [0.05, 0.1) is 20.0 Å². The first-order chi connectivity index (χ1) is 21.3. The SMILES string of the molecule is O=C(N[C@H](Cc1cc(Br)c(O)c(Br)c1)C(=O)N1CCN(c2ccncn2)CC1)N1CCC(n2c(=O)[nH]c3ccccc32)CC1. The largest absolute Gasteiger partial charge is 0.506 e. The van der Waals surface area contributed by atoms with Gasteiger partial charge in [-0.2, -0.15) is 0 Å². The molecule has 0 aliphatic carbocycles. The first-order valence-electron chi connectivity index (χ1n) is 14.5. The van der Waals surface area contributed by atoms with Crippen molar-refractivity contribution in [2.24, 2.45) is 0 Å². The van der Waals surface area contributed by atoms with Gasteiger partial charge in [0.2, 0.25) is 5.91 Å². The summed E-state index contributed by atoms with van der Waals surface area (Å²) >= 11 is 6.74. The molecule has 3 amide bonds. The molecule has 0 bridgehead atoms. The summed E-state index contributed by atoms with van der Waals surface area (Å²) in [5.41, 5.74) is 2.28. The maximum absolute atomic E-state index is 13.9. The number of piperidine rings is 1. The predicted octanol–water partition coefficient (Wildman–Crippen LogP) is 3.66. The number of aromatic amines is 1. The van der Waals surface area contributed by atoms with E-state index in [1.807, 2.05) is 30.3 Å². The number of imidazole rings is 1. The van der Waals surface area contributed by atoms with Gasteiger partial charge in [0, 0.05) is 57.9 Å². The van der Waals surface area contributed by atoms with E-state index in [1.54, 1.807) is 32.7 Å². The number of phenols is 1. The maximum Gasteiger partial charge on any atom is 0.326 e. The number of nitrogens with one attached hydrogen (secondary N) is 2. The number of carbonyl (C=O) groups is 2. The minimum Gasteiger partial charge on any atom is -0.506 e. The van der Waals surface area contributed by atoms with Crippen molar-refractivity contribution < 1.29 is 14.7 Å². The number of urea groups is 1. The van der Waals surface area contributed by atoms with Crippen molar-refractivity contribution in [2.45, 2.75) is 31.3 Å².